The minimum absolute atomic E-state index is 0.554. The summed E-state index contributed by atoms with van der Waals surface area (Å²) in [5.41, 5.74) is 0. The van der Waals surface area contributed by atoms with Gasteiger partial charge in [-0.2, -0.15) is 0 Å². The van der Waals surface area contributed by atoms with Gasteiger partial charge in [-0.15, -0.1) is 0 Å². The van der Waals surface area contributed by atoms with Gasteiger partial charge in [0.25, 0.3) is 0 Å². The van der Waals surface area contributed by atoms with Crippen LogP contribution in [0.3, 0.4) is 0 Å². The molecular formula is C8H16AsO2. The zero-order valence-electron chi connectivity index (χ0n) is 6.81. The van der Waals surface area contributed by atoms with Gasteiger partial charge in [0.1, 0.15) is 0 Å². The van der Waals surface area contributed by atoms with Crippen molar-refractivity contribution < 1.29 is 9.90 Å². The van der Waals surface area contributed by atoms with E-state index in [0.29, 0.717) is 0 Å². The van der Waals surface area contributed by atoms with Crippen molar-refractivity contribution >= 4 is 20.5 Å². The quantitative estimate of drug-likeness (QED) is 0.527. The molecule has 0 rings (SSSR count). The Labute approximate surface area is 75.1 Å². The molecule has 2 nitrogen and oxygen atoms in total. The van der Waals surface area contributed by atoms with Crippen LogP contribution in [-0.4, -0.2) is 25.6 Å². The van der Waals surface area contributed by atoms with E-state index >= 15 is 0 Å². The fourth-order valence-corrected chi connectivity index (χ4v) is 2.19. The summed E-state index contributed by atoms with van der Waals surface area (Å²) in [6.07, 6.45) is 5.70. The predicted molar refractivity (Wildman–Crippen MR) is 48.4 cm³/mol. The van der Waals surface area contributed by atoms with Crippen molar-refractivity contribution in [3.8, 4) is 0 Å². The Morgan fingerprint density at radius 3 is 2.45 bits per heavy atom. The normalized spacial score (nSPS) is 11.0. The second-order valence-electron chi connectivity index (χ2n) is 2.50. The van der Waals surface area contributed by atoms with Crippen molar-refractivity contribution in [2.24, 2.45) is 0 Å². The number of carboxylic acid groups (broad SMARTS) is 1. The molecule has 0 aliphatic carbocycles. The fourth-order valence-electron chi connectivity index (χ4n) is 0.851. The summed E-state index contributed by atoms with van der Waals surface area (Å²) in [7, 11) is 0. The molecule has 3 heteroatoms. The molecule has 0 aliphatic rings. The fraction of sp³-hybridized carbons (Fsp3) is 0.750. The van der Waals surface area contributed by atoms with Crippen LogP contribution in [0.25, 0.3) is 0 Å². The summed E-state index contributed by atoms with van der Waals surface area (Å²) in [5, 5.41) is 9.31. The van der Waals surface area contributed by atoms with Crippen LogP contribution in [0.5, 0.6) is 0 Å². The molecule has 1 unspecified atom stereocenters. The van der Waals surface area contributed by atoms with Gasteiger partial charge in [-0.1, -0.05) is 0 Å². The standard InChI is InChI=1S/C8H16AsO2/c1-2-3-4-5-6-7-9-8(10)11/h9H,1-7H2,(H,10,11). The molecule has 0 aromatic heterocycles. The number of unbranched alkanes of at least 4 members (excludes halogenated alkanes) is 4. The van der Waals surface area contributed by atoms with E-state index in [-0.39, 0.29) is 0 Å². The monoisotopic (exact) mass is 219 g/mol. The van der Waals surface area contributed by atoms with Gasteiger partial charge in [-0.3, -0.25) is 0 Å². The Balaban J connectivity index is 2.85. The molecule has 0 bridgehead atoms. The van der Waals surface area contributed by atoms with Crippen LogP contribution in [0.1, 0.15) is 32.1 Å². The molecule has 0 amide bonds. The third-order valence-electron chi connectivity index (χ3n) is 1.45. The summed E-state index contributed by atoms with van der Waals surface area (Å²) < 4.78 is -0.554. The maximum absolute atomic E-state index is 10.1. The SMILES string of the molecule is [CH2]CCCCCC[AsH]C(=O)O. The van der Waals surface area contributed by atoms with Gasteiger partial charge in [0, 0.05) is 0 Å². The first-order chi connectivity index (χ1) is 5.27. The van der Waals surface area contributed by atoms with Crippen LogP contribution in [0.4, 0.5) is 4.79 Å². The molecule has 0 fully saturated rings. The van der Waals surface area contributed by atoms with E-state index in [2.05, 4.69) is 6.92 Å². The van der Waals surface area contributed by atoms with E-state index in [9.17, 15) is 4.79 Å². The van der Waals surface area contributed by atoms with Gasteiger partial charge < -0.3 is 0 Å². The average Bonchev–Trinajstić information content (AvgIpc) is 1.96. The van der Waals surface area contributed by atoms with E-state index < -0.39 is 20.5 Å². The minimum atomic E-state index is -0.676. The van der Waals surface area contributed by atoms with Crippen LogP contribution < -0.4 is 0 Å². The van der Waals surface area contributed by atoms with Gasteiger partial charge in [-0.05, 0) is 0 Å². The van der Waals surface area contributed by atoms with Crippen molar-refractivity contribution in [3.63, 3.8) is 0 Å². The summed E-state index contributed by atoms with van der Waals surface area (Å²) in [6.45, 7) is 3.75. The molecule has 1 N–H and O–H groups in total. The van der Waals surface area contributed by atoms with Crippen LogP contribution in [0.2, 0.25) is 5.21 Å². The van der Waals surface area contributed by atoms with E-state index in [1.54, 1.807) is 0 Å². The van der Waals surface area contributed by atoms with Crippen LogP contribution in [-0.2, 0) is 0 Å². The second-order valence-corrected chi connectivity index (χ2v) is 5.19. The van der Waals surface area contributed by atoms with Crippen molar-refractivity contribution in [3.05, 3.63) is 6.92 Å². The number of rotatable bonds is 7. The van der Waals surface area contributed by atoms with E-state index in [4.69, 9.17) is 5.11 Å². The summed E-state index contributed by atoms with van der Waals surface area (Å²) >= 11 is -0.676. The number of carbonyl (C=O) groups is 1. The molecule has 0 spiro atoms. The van der Waals surface area contributed by atoms with Gasteiger partial charge in [0.05, 0.1) is 0 Å². The molecule has 0 aliphatic heterocycles. The predicted octanol–water partition coefficient (Wildman–Crippen LogP) is 2.30. The van der Waals surface area contributed by atoms with Gasteiger partial charge in [-0.25, -0.2) is 0 Å². The van der Waals surface area contributed by atoms with E-state index in [0.717, 1.165) is 18.1 Å². The molecule has 65 valence electrons. The molecular weight excluding hydrogens is 203 g/mol. The Kier molecular flexibility index (Phi) is 8.15. The van der Waals surface area contributed by atoms with Crippen LogP contribution in [0, 0.1) is 6.92 Å². The molecule has 1 radical (unpaired) electrons. The Hall–Kier alpha value is 0.0284. The van der Waals surface area contributed by atoms with E-state index in [1.807, 2.05) is 0 Å². The molecule has 11 heavy (non-hydrogen) atoms. The molecule has 0 aromatic rings. The topological polar surface area (TPSA) is 37.3 Å². The first-order valence-electron chi connectivity index (χ1n) is 4.03. The number of hydrogen-bond donors (Lipinski definition) is 1. The van der Waals surface area contributed by atoms with Crippen LogP contribution >= 0.6 is 0 Å². The van der Waals surface area contributed by atoms with Crippen molar-refractivity contribution in [2.75, 3.05) is 0 Å². The average molecular weight is 219 g/mol. The summed E-state index contributed by atoms with van der Waals surface area (Å²) in [4.78, 5) is 10.1. The Morgan fingerprint density at radius 2 is 1.91 bits per heavy atom. The number of hydrogen-bond acceptors (Lipinski definition) is 1. The second kappa shape index (κ2) is 8.13. The van der Waals surface area contributed by atoms with Crippen molar-refractivity contribution in [1.29, 1.82) is 0 Å². The Morgan fingerprint density at radius 1 is 1.27 bits per heavy atom. The molecule has 0 aromatic carbocycles. The zero-order valence-corrected chi connectivity index (χ0v) is 8.90. The maximum atomic E-state index is 10.1. The molecule has 1 atom stereocenters. The van der Waals surface area contributed by atoms with Gasteiger partial charge in [0.2, 0.25) is 0 Å². The first-order valence-corrected chi connectivity index (χ1v) is 6.56. The molecule has 0 saturated carbocycles. The third kappa shape index (κ3) is 10.0. The van der Waals surface area contributed by atoms with Gasteiger partial charge in [0.15, 0.2) is 0 Å². The summed E-state index contributed by atoms with van der Waals surface area (Å²) in [5.74, 6) is 0. The molecule has 0 heterocycles. The van der Waals surface area contributed by atoms with Crippen molar-refractivity contribution in [2.45, 2.75) is 37.3 Å². The van der Waals surface area contributed by atoms with Crippen molar-refractivity contribution in [1.82, 2.24) is 0 Å². The Bertz CT molecular complexity index is 104. The zero-order chi connectivity index (χ0) is 8.53. The summed E-state index contributed by atoms with van der Waals surface area (Å²) in [6, 6.07) is 0. The third-order valence-corrected chi connectivity index (χ3v) is 3.35. The van der Waals surface area contributed by atoms with E-state index in [1.165, 1.54) is 19.3 Å². The van der Waals surface area contributed by atoms with Gasteiger partial charge >= 0.3 is 74.6 Å². The molecule has 0 saturated heterocycles. The van der Waals surface area contributed by atoms with Crippen LogP contribution in [0.15, 0.2) is 0 Å². The first kappa shape index (κ1) is 11.0.